The van der Waals surface area contributed by atoms with Crippen LogP contribution in [0.15, 0.2) is 77.4 Å². The van der Waals surface area contributed by atoms with Gasteiger partial charge in [-0.15, -0.1) is 0 Å². The lowest BCUT2D eigenvalue weighted by molar-refractivity contribution is -0.671. The average Bonchev–Trinajstić information content (AvgIpc) is 3.14. The first kappa shape index (κ1) is 16.5. The van der Waals surface area contributed by atoms with E-state index in [0.29, 0.717) is 5.92 Å². The molecule has 2 nitrogen and oxygen atoms in total. The molecule has 0 aliphatic heterocycles. The molecule has 0 fully saturated rings. The highest BCUT2D eigenvalue weighted by Crippen LogP contribution is 2.24. The number of nitrogens with two attached hydrogens (primary N) is 1. The van der Waals surface area contributed by atoms with Crippen LogP contribution in [0.3, 0.4) is 0 Å². The maximum atomic E-state index is 12.9. The molecule has 1 heterocycles. The predicted molar refractivity (Wildman–Crippen MR) is 93.1 cm³/mol. The van der Waals surface area contributed by atoms with Gasteiger partial charge in [0.2, 0.25) is 0 Å². The number of quaternary nitrogens is 1. The highest BCUT2D eigenvalue weighted by atomic mass is 19.1. The molecule has 0 unspecified atom stereocenters. The Morgan fingerprint density at radius 2 is 1.67 bits per heavy atom. The molecule has 1 atom stereocenters. The molecule has 24 heavy (non-hydrogen) atoms. The van der Waals surface area contributed by atoms with Crippen LogP contribution in [-0.4, -0.2) is 6.54 Å². The second kappa shape index (κ2) is 8.46. The number of hydrogen-bond donors (Lipinski definition) is 1. The Kier molecular flexibility index (Phi) is 5.80. The zero-order chi connectivity index (χ0) is 16.6. The molecule has 0 spiro atoms. The van der Waals surface area contributed by atoms with Crippen molar-refractivity contribution in [2.45, 2.75) is 25.3 Å². The fourth-order valence-electron chi connectivity index (χ4n) is 2.98. The Balaban J connectivity index is 1.53. The first-order valence-corrected chi connectivity index (χ1v) is 8.44. The smallest absolute Gasteiger partial charge is 0.123 e. The number of rotatable bonds is 8. The lowest BCUT2D eigenvalue weighted by Gasteiger charge is -2.14. The van der Waals surface area contributed by atoms with E-state index >= 15 is 0 Å². The van der Waals surface area contributed by atoms with Gasteiger partial charge < -0.3 is 9.73 Å². The molecule has 0 radical (unpaired) electrons. The van der Waals surface area contributed by atoms with Crippen LogP contribution >= 0.6 is 0 Å². The highest BCUT2D eigenvalue weighted by Gasteiger charge is 2.16. The minimum atomic E-state index is -0.181. The SMILES string of the molecule is Fc1ccc(C[NH2+]CC[C@@H](Cc2ccccc2)c2ccco2)cc1. The minimum Gasteiger partial charge on any atom is -0.469 e. The third-order valence-corrected chi connectivity index (χ3v) is 4.28. The van der Waals surface area contributed by atoms with Crippen LogP contribution in [0.2, 0.25) is 0 Å². The third-order valence-electron chi connectivity index (χ3n) is 4.28. The molecule has 0 bridgehead atoms. The Morgan fingerprint density at radius 1 is 0.875 bits per heavy atom. The summed E-state index contributed by atoms with van der Waals surface area (Å²) in [7, 11) is 0. The molecule has 1 aromatic heterocycles. The van der Waals surface area contributed by atoms with E-state index < -0.39 is 0 Å². The van der Waals surface area contributed by atoms with Gasteiger partial charge in [-0.25, -0.2) is 4.39 Å². The minimum absolute atomic E-state index is 0.181. The molecular weight excluding hydrogens is 301 g/mol. The van der Waals surface area contributed by atoms with E-state index in [0.717, 1.165) is 37.3 Å². The summed E-state index contributed by atoms with van der Waals surface area (Å²) in [6.07, 6.45) is 3.78. The van der Waals surface area contributed by atoms with Crippen LogP contribution in [-0.2, 0) is 13.0 Å². The van der Waals surface area contributed by atoms with Crippen molar-refractivity contribution in [3.8, 4) is 0 Å². The molecule has 3 aromatic rings. The number of hydrogen-bond acceptors (Lipinski definition) is 1. The topological polar surface area (TPSA) is 29.8 Å². The fourth-order valence-corrected chi connectivity index (χ4v) is 2.98. The van der Waals surface area contributed by atoms with Crippen LogP contribution in [0.5, 0.6) is 0 Å². The monoisotopic (exact) mass is 324 g/mol. The zero-order valence-electron chi connectivity index (χ0n) is 13.7. The van der Waals surface area contributed by atoms with Crippen LogP contribution in [0.25, 0.3) is 0 Å². The normalized spacial score (nSPS) is 12.2. The van der Waals surface area contributed by atoms with Crippen molar-refractivity contribution in [3.63, 3.8) is 0 Å². The molecule has 3 rings (SSSR count). The van der Waals surface area contributed by atoms with Crippen LogP contribution in [0, 0.1) is 5.82 Å². The standard InChI is InChI=1S/C21H22FNO/c22-20-10-8-18(9-11-20)16-23-13-12-19(21-7-4-14-24-21)15-17-5-2-1-3-6-17/h1-11,14,19,23H,12-13,15-16H2/p+1/t19-/m0/s1. The summed E-state index contributed by atoms with van der Waals surface area (Å²) >= 11 is 0. The third kappa shape index (κ3) is 4.80. The largest absolute Gasteiger partial charge is 0.469 e. The molecule has 3 heteroatoms. The summed E-state index contributed by atoms with van der Waals surface area (Å²) in [5.74, 6) is 1.25. The molecule has 0 aliphatic carbocycles. The summed E-state index contributed by atoms with van der Waals surface area (Å²) in [5, 5.41) is 2.27. The summed E-state index contributed by atoms with van der Waals surface area (Å²) in [4.78, 5) is 0. The van der Waals surface area contributed by atoms with Gasteiger partial charge in [0.25, 0.3) is 0 Å². The maximum absolute atomic E-state index is 12.9. The van der Waals surface area contributed by atoms with E-state index in [1.807, 2.05) is 24.3 Å². The summed E-state index contributed by atoms with van der Waals surface area (Å²) in [5.41, 5.74) is 2.48. The Morgan fingerprint density at radius 3 is 2.38 bits per heavy atom. The van der Waals surface area contributed by atoms with E-state index in [1.54, 1.807) is 6.26 Å². The van der Waals surface area contributed by atoms with E-state index in [9.17, 15) is 4.39 Å². The zero-order valence-corrected chi connectivity index (χ0v) is 13.7. The van der Waals surface area contributed by atoms with Gasteiger partial charge in [-0.2, -0.15) is 0 Å². The Labute approximate surface area is 142 Å². The van der Waals surface area contributed by atoms with Crippen LogP contribution < -0.4 is 5.32 Å². The van der Waals surface area contributed by atoms with Crippen molar-refractivity contribution in [1.29, 1.82) is 0 Å². The average molecular weight is 324 g/mol. The summed E-state index contributed by atoms with van der Waals surface area (Å²) in [6.45, 7) is 1.88. The van der Waals surface area contributed by atoms with Gasteiger partial charge in [0.1, 0.15) is 18.1 Å². The first-order chi connectivity index (χ1) is 11.8. The Hall–Kier alpha value is -2.39. The second-order valence-electron chi connectivity index (χ2n) is 6.10. The number of halogens is 1. The van der Waals surface area contributed by atoms with Gasteiger partial charge >= 0.3 is 0 Å². The molecule has 2 aromatic carbocycles. The number of benzene rings is 2. The van der Waals surface area contributed by atoms with E-state index in [1.165, 1.54) is 17.7 Å². The molecular formula is C21H23FNO+. The lowest BCUT2D eigenvalue weighted by atomic mass is 9.94. The highest BCUT2D eigenvalue weighted by molar-refractivity contribution is 5.19. The van der Waals surface area contributed by atoms with Crippen LogP contribution in [0.4, 0.5) is 4.39 Å². The van der Waals surface area contributed by atoms with Gasteiger partial charge in [-0.05, 0) is 36.2 Å². The lowest BCUT2D eigenvalue weighted by Crippen LogP contribution is -2.82. The molecule has 0 saturated heterocycles. The predicted octanol–water partition coefficient (Wildman–Crippen LogP) is 3.90. The first-order valence-electron chi connectivity index (χ1n) is 8.44. The van der Waals surface area contributed by atoms with Crippen molar-refractivity contribution < 1.29 is 14.1 Å². The van der Waals surface area contributed by atoms with E-state index in [2.05, 4.69) is 35.6 Å². The van der Waals surface area contributed by atoms with Crippen molar-refractivity contribution in [2.24, 2.45) is 0 Å². The molecule has 0 aliphatic rings. The maximum Gasteiger partial charge on any atom is 0.123 e. The molecule has 0 amide bonds. The van der Waals surface area contributed by atoms with Crippen LogP contribution in [0.1, 0.15) is 29.2 Å². The molecule has 124 valence electrons. The fraction of sp³-hybridized carbons (Fsp3) is 0.238. The van der Waals surface area contributed by atoms with Gasteiger partial charge in [-0.1, -0.05) is 42.5 Å². The summed E-state index contributed by atoms with van der Waals surface area (Å²) < 4.78 is 18.6. The van der Waals surface area contributed by atoms with Crippen molar-refractivity contribution in [3.05, 3.63) is 95.7 Å². The molecule has 0 saturated carbocycles. The second-order valence-corrected chi connectivity index (χ2v) is 6.10. The summed E-state index contributed by atoms with van der Waals surface area (Å²) in [6, 6.07) is 21.3. The van der Waals surface area contributed by atoms with Crippen molar-refractivity contribution >= 4 is 0 Å². The van der Waals surface area contributed by atoms with E-state index in [4.69, 9.17) is 4.42 Å². The van der Waals surface area contributed by atoms with Gasteiger partial charge in [0.15, 0.2) is 0 Å². The van der Waals surface area contributed by atoms with Gasteiger partial charge in [-0.3, -0.25) is 0 Å². The van der Waals surface area contributed by atoms with Crippen molar-refractivity contribution in [2.75, 3.05) is 6.54 Å². The van der Waals surface area contributed by atoms with Crippen molar-refractivity contribution in [1.82, 2.24) is 0 Å². The van der Waals surface area contributed by atoms with E-state index in [-0.39, 0.29) is 5.82 Å². The Bertz CT molecular complexity index is 707. The van der Waals surface area contributed by atoms with Gasteiger partial charge in [0.05, 0.1) is 12.8 Å². The quantitative estimate of drug-likeness (QED) is 0.626. The number of furan rings is 1. The van der Waals surface area contributed by atoms with Gasteiger partial charge in [0, 0.05) is 17.9 Å². The molecule has 2 N–H and O–H groups in total.